The normalized spacial score (nSPS) is 15.6. The molecule has 1 aliphatic carbocycles. The monoisotopic (exact) mass is 393 g/mol. The summed E-state index contributed by atoms with van der Waals surface area (Å²) in [4.78, 5) is 24.5. The summed E-state index contributed by atoms with van der Waals surface area (Å²) >= 11 is 0. The zero-order chi connectivity index (χ0) is 19.9. The molecule has 1 aromatic carbocycles. The van der Waals surface area contributed by atoms with Crippen LogP contribution in [0.25, 0.3) is 0 Å². The summed E-state index contributed by atoms with van der Waals surface area (Å²) in [6.07, 6.45) is 6.59. The van der Waals surface area contributed by atoms with Crippen LogP contribution in [0.3, 0.4) is 0 Å². The van der Waals surface area contributed by atoms with Crippen LogP contribution in [0.2, 0.25) is 0 Å². The van der Waals surface area contributed by atoms with Crippen molar-refractivity contribution in [3.05, 3.63) is 41.5 Å². The number of sulfone groups is 1. The Labute approximate surface area is 160 Å². The second kappa shape index (κ2) is 9.69. The number of nitrogens with one attached hydrogen (secondary N) is 1. The van der Waals surface area contributed by atoms with Gasteiger partial charge >= 0.3 is 5.97 Å². The average molecular weight is 394 g/mol. The highest BCUT2D eigenvalue weighted by molar-refractivity contribution is 7.91. The third kappa shape index (κ3) is 5.92. The van der Waals surface area contributed by atoms with Crippen LogP contribution >= 0.6 is 0 Å². The van der Waals surface area contributed by atoms with Gasteiger partial charge in [0.25, 0.3) is 5.91 Å². The molecular formula is C20H27NO5S. The molecule has 1 aliphatic rings. The zero-order valence-corrected chi connectivity index (χ0v) is 16.7. The molecule has 0 radical (unpaired) electrons. The van der Waals surface area contributed by atoms with Crippen LogP contribution in [0.15, 0.2) is 40.8 Å². The van der Waals surface area contributed by atoms with Crippen molar-refractivity contribution >= 4 is 21.7 Å². The Bertz CT molecular complexity index is 813. The molecule has 0 heterocycles. The largest absolute Gasteiger partial charge is 0.449 e. The molecule has 0 aliphatic heterocycles. The maximum absolute atomic E-state index is 12.4. The van der Waals surface area contributed by atoms with Gasteiger partial charge in [-0.1, -0.05) is 30.7 Å². The summed E-state index contributed by atoms with van der Waals surface area (Å²) in [7, 11) is -3.56. The van der Waals surface area contributed by atoms with Crippen molar-refractivity contribution in [2.75, 3.05) is 12.3 Å². The van der Waals surface area contributed by atoms with Crippen LogP contribution in [0.4, 0.5) is 0 Å². The topological polar surface area (TPSA) is 89.5 Å². The molecule has 6 nitrogen and oxygen atoms in total. The number of rotatable bonds is 8. The second-order valence-electron chi connectivity index (χ2n) is 6.60. The molecule has 27 heavy (non-hydrogen) atoms. The highest BCUT2D eigenvalue weighted by Crippen LogP contribution is 2.20. The molecule has 1 N–H and O–H groups in total. The lowest BCUT2D eigenvalue weighted by Crippen LogP contribution is -2.36. The van der Waals surface area contributed by atoms with Gasteiger partial charge in [-0.05, 0) is 51.2 Å². The minimum absolute atomic E-state index is 0.0497. The Hall–Kier alpha value is -2.15. The molecular weight excluding hydrogens is 366 g/mol. The number of ether oxygens (including phenoxy) is 1. The summed E-state index contributed by atoms with van der Waals surface area (Å²) in [6.45, 7) is 3.48. The summed E-state index contributed by atoms with van der Waals surface area (Å²) in [5.74, 6) is -1.33. The summed E-state index contributed by atoms with van der Waals surface area (Å²) < 4.78 is 29.5. The van der Waals surface area contributed by atoms with E-state index in [2.05, 4.69) is 11.4 Å². The van der Waals surface area contributed by atoms with E-state index in [1.54, 1.807) is 12.1 Å². The highest BCUT2D eigenvalue weighted by atomic mass is 32.2. The number of hydrogen-bond acceptors (Lipinski definition) is 5. The van der Waals surface area contributed by atoms with Gasteiger partial charge in [0, 0.05) is 6.54 Å². The molecule has 0 aromatic heterocycles. The van der Waals surface area contributed by atoms with Crippen molar-refractivity contribution in [3.8, 4) is 0 Å². The molecule has 7 heteroatoms. The van der Waals surface area contributed by atoms with Gasteiger partial charge in [-0.15, -0.1) is 0 Å². The third-order valence-corrected chi connectivity index (χ3v) is 6.39. The molecule has 0 saturated heterocycles. The lowest BCUT2D eigenvalue weighted by molar-refractivity contribution is -0.129. The van der Waals surface area contributed by atoms with Crippen LogP contribution < -0.4 is 5.32 Å². The summed E-state index contributed by atoms with van der Waals surface area (Å²) in [5, 5.41) is 2.77. The Kier molecular flexibility index (Phi) is 7.59. The Morgan fingerprint density at radius 1 is 1.22 bits per heavy atom. The van der Waals surface area contributed by atoms with Crippen molar-refractivity contribution in [2.24, 2.45) is 0 Å². The van der Waals surface area contributed by atoms with E-state index in [4.69, 9.17) is 4.74 Å². The van der Waals surface area contributed by atoms with Crippen molar-refractivity contribution in [3.63, 3.8) is 0 Å². The van der Waals surface area contributed by atoms with Gasteiger partial charge in [-0.3, -0.25) is 4.79 Å². The van der Waals surface area contributed by atoms with Crippen LogP contribution in [0, 0.1) is 0 Å². The van der Waals surface area contributed by atoms with Crippen molar-refractivity contribution in [1.82, 2.24) is 5.32 Å². The number of allylic oxidation sites excluding steroid dienone is 1. The van der Waals surface area contributed by atoms with Crippen molar-refractivity contribution in [2.45, 2.75) is 57.0 Å². The van der Waals surface area contributed by atoms with Gasteiger partial charge in [-0.25, -0.2) is 13.2 Å². The van der Waals surface area contributed by atoms with Crippen molar-refractivity contribution in [1.29, 1.82) is 0 Å². The van der Waals surface area contributed by atoms with Crippen LogP contribution in [0.5, 0.6) is 0 Å². The van der Waals surface area contributed by atoms with Gasteiger partial charge in [0.2, 0.25) is 0 Å². The smallest absolute Gasteiger partial charge is 0.340 e. The minimum atomic E-state index is -3.56. The average Bonchev–Trinajstić information content (AvgIpc) is 2.68. The summed E-state index contributed by atoms with van der Waals surface area (Å²) in [6, 6.07) is 5.88. The van der Waals surface area contributed by atoms with E-state index in [1.807, 2.05) is 0 Å². The Morgan fingerprint density at radius 2 is 1.96 bits per heavy atom. The van der Waals surface area contributed by atoms with E-state index in [0.717, 1.165) is 19.3 Å². The fourth-order valence-electron chi connectivity index (χ4n) is 2.96. The fourth-order valence-corrected chi connectivity index (χ4v) is 4.04. The zero-order valence-electron chi connectivity index (χ0n) is 15.9. The first-order chi connectivity index (χ1) is 12.8. The van der Waals surface area contributed by atoms with Gasteiger partial charge in [0.1, 0.15) is 0 Å². The van der Waals surface area contributed by atoms with Gasteiger partial charge in [-0.2, -0.15) is 0 Å². The number of carbonyl (C=O) groups is 2. The van der Waals surface area contributed by atoms with Crippen LogP contribution in [0.1, 0.15) is 56.3 Å². The number of benzene rings is 1. The molecule has 0 spiro atoms. The molecule has 1 aromatic rings. The minimum Gasteiger partial charge on any atom is -0.449 e. The molecule has 148 valence electrons. The maximum Gasteiger partial charge on any atom is 0.340 e. The first-order valence-electron chi connectivity index (χ1n) is 9.33. The van der Waals surface area contributed by atoms with Gasteiger partial charge < -0.3 is 10.1 Å². The lowest BCUT2D eigenvalue weighted by Gasteiger charge is -2.16. The molecule has 1 amide bonds. The van der Waals surface area contributed by atoms with E-state index >= 15 is 0 Å². The second-order valence-corrected chi connectivity index (χ2v) is 8.84. The first-order valence-corrected chi connectivity index (χ1v) is 11.0. The molecule has 1 atom stereocenters. The van der Waals surface area contributed by atoms with E-state index in [0.29, 0.717) is 6.54 Å². The lowest BCUT2D eigenvalue weighted by atomic mass is 9.97. The van der Waals surface area contributed by atoms with Gasteiger partial charge in [0.05, 0.1) is 16.2 Å². The van der Waals surface area contributed by atoms with Crippen molar-refractivity contribution < 1.29 is 22.7 Å². The third-order valence-electron chi connectivity index (χ3n) is 4.61. The Morgan fingerprint density at radius 3 is 2.63 bits per heavy atom. The van der Waals surface area contributed by atoms with Crippen LogP contribution in [-0.2, 0) is 19.4 Å². The molecule has 0 unspecified atom stereocenters. The first kappa shape index (κ1) is 21.2. The number of carbonyl (C=O) groups excluding carboxylic acids is 2. The molecule has 0 fully saturated rings. The fraction of sp³-hybridized carbons (Fsp3) is 0.500. The molecule has 0 saturated carbocycles. The quantitative estimate of drug-likeness (QED) is 0.542. The maximum atomic E-state index is 12.4. The molecule has 0 bridgehead atoms. The van der Waals surface area contributed by atoms with E-state index in [1.165, 1.54) is 44.4 Å². The standard InChI is InChI=1S/C20H27NO5S/c1-3-27(24,25)18-12-8-7-11-17(18)20(23)26-15(2)19(22)21-14-13-16-9-5-4-6-10-16/h7-9,11-12,15H,3-6,10,13-14H2,1-2H3,(H,21,22)/t15-/m0/s1. The van der Waals surface area contributed by atoms with Gasteiger partial charge in [0.15, 0.2) is 15.9 Å². The highest BCUT2D eigenvalue weighted by Gasteiger charge is 2.24. The number of amides is 1. The Balaban J connectivity index is 1.93. The van der Waals surface area contributed by atoms with E-state index in [-0.39, 0.29) is 16.2 Å². The predicted molar refractivity (Wildman–Crippen MR) is 103 cm³/mol. The number of hydrogen-bond donors (Lipinski definition) is 1. The SMILES string of the molecule is CCS(=O)(=O)c1ccccc1C(=O)O[C@@H](C)C(=O)NCCC1=CCCCC1. The van der Waals surface area contributed by atoms with E-state index in [9.17, 15) is 18.0 Å². The summed E-state index contributed by atoms with van der Waals surface area (Å²) in [5.41, 5.74) is 1.30. The van der Waals surface area contributed by atoms with Crippen LogP contribution in [-0.4, -0.2) is 38.7 Å². The predicted octanol–water partition coefficient (Wildman–Crippen LogP) is 3.03. The van der Waals surface area contributed by atoms with E-state index < -0.39 is 27.8 Å². The number of esters is 1. The molecule has 2 rings (SSSR count).